The molecule has 0 amide bonds. The lowest BCUT2D eigenvalue weighted by molar-refractivity contribution is -0.139. The van der Waals surface area contributed by atoms with Crippen molar-refractivity contribution >= 4 is 29.5 Å². The third kappa shape index (κ3) is 4.18. The van der Waals surface area contributed by atoms with E-state index in [1.54, 1.807) is 24.3 Å². The number of fused-ring (bicyclic) bond motifs is 1. The van der Waals surface area contributed by atoms with Gasteiger partial charge in [-0.2, -0.15) is 0 Å². The van der Waals surface area contributed by atoms with Crippen molar-refractivity contribution in [1.82, 2.24) is 0 Å². The molecule has 1 heterocycles. The SMILES string of the molecule is CCCCOC(=O)C1=Cc2ccc(C(=O)OC)cc2N=C(N)C1. The molecule has 0 spiro atoms. The number of esters is 2. The molecule has 0 radical (unpaired) electrons. The minimum atomic E-state index is -0.450. The second-order valence-electron chi connectivity index (χ2n) is 5.20. The van der Waals surface area contributed by atoms with Gasteiger partial charge in [0.15, 0.2) is 0 Å². The normalized spacial score (nSPS) is 13.3. The summed E-state index contributed by atoms with van der Waals surface area (Å²) in [5.41, 5.74) is 7.95. The number of hydrogen-bond acceptors (Lipinski definition) is 6. The maximum atomic E-state index is 12.1. The summed E-state index contributed by atoms with van der Waals surface area (Å²) in [4.78, 5) is 28.0. The van der Waals surface area contributed by atoms with E-state index in [1.165, 1.54) is 7.11 Å². The first kappa shape index (κ1) is 16.7. The van der Waals surface area contributed by atoms with E-state index in [-0.39, 0.29) is 12.4 Å². The molecule has 6 nitrogen and oxygen atoms in total. The summed E-state index contributed by atoms with van der Waals surface area (Å²) in [6.45, 7) is 2.41. The number of rotatable bonds is 5. The highest BCUT2D eigenvalue weighted by Crippen LogP contribution is 2.28. The summed E-state index contributed by atoms with van der Waals surface area (Å²) in [5, 5.41) is 0. The molecule has 0 bridgehead atoms. The second kappa shape index (κ2) is 7.58. The summed E-state index contributed by atoms with van der Waals surface area (Å²) in [7, 11) is 1.32. The Labute approximate surface area is 135 Å². The van der Waals surface area contributed by atoms with Crippen molar-refractivity contribution in [3.8, 4) is 0 Å². The van der Waals surface area contributed by atoms with E-state index >= 15 is 0 Å². The first-order chi connectivity index (χ1) is 11.0. The number of aliphatic imine (C=N–C) groups is 1. The van der Waals surface area contributed by atoms with Gasteiger partial charge in [-0.15, -0.1) is 0 Å². The van der Waals surface area contributed by atoms with Crippen molar-refractivity contribution in [2.24, 2.45) is 10.7 Å². The van der Waals surface area contributed by atoms with Gasteiger partial charge in [0.1, 0.15) is 5.84 Å². The molecule has 0 saturated carbocycles. The predicted molar refractivity (Wildman–Crippen MR) is 87.5 cm³/mol. The Morgan fingerprint density at radius 3 is 2.78 bits per heavy atom. The predicted octanol–water partition coefficient (Wildman–Crippen LogP) is 2.59. The molecule has 0 saturated heterocycles. The van der Waals surface area contributed by atoms with Crippen molar-refractivity contribution in [1.29, 1.82) is 0 Å². The Bertz CT molecular complexity index is 677. The molecule has 2 rings (SSSR count). The van der Waals surface area contributed by atoms with Crippen LogP contribution in [0.2, 0.25) is 0 Å². The van der Waals surface area contributed by atoms with Gasteiger partial charge in [-0.05, 0) is 24.6 Å². The van der Waals surface area contributed by atoms with Crippen molar-refractivity contribution in [2.45, 2.75) is 26.2 Å². The number of unbranched alkanes of at least 4 members (excludes halogenated alkanes) is 1. The lowest BCUT2D eigenvalue weighted by Crippen LogP contribution is -2.17. The average Bonchev–Trinajstić information content (AvgIpc) is 2.71. The molecule has 6 heteroatoms. The Balaban J connectivity index is 2.30. The highest BCUT2D eigenvalue weighted by molar-refractivity contribution is 6.03. The van der Waals surface area contributed by atoms with Gasteiger partial charge in [0.05, 0.1) is 25.0 Å². The Morgan fingerprint density at radius 2 is 2.09 bits per heavy atom. The summed E-state index contributed by atoms with van der Waals surface area (Å²) in [6, 6.07) is 4.93. The van der Waals surface area contributed by atoms with Crippen LogP contribution in [0.3, 0.4) is 0 Å². The second-order valence-corrected chi connectivity index (χ2v) is 5.20. The van der Waals surface area contributed by atoms with E-state index in [0.717, 1.165) is 12.8 Å². The number of amidine groups is 1. The van der Waals surface area contributed by atoms with Crippen LogP contribution in [0.5, 0.6) is 0 Å². The molecule has 0 aromatic heterocycles. The highest BCUT2D eigenvalue weighted by atomic mass is 16.5. The zero-order valence-electron chi connectivity index (χ0n) is 13.3. The van der Waals surface area contributed by atoms with Gasteiger partial charge in [-0.25, -0.2) is 14.6 Å². The number of carbonyl (C=O) groups excluding carboxylic acids is 2. The van der Waals surface area contributed by atoms with E-state index in [2.05, 4.69) is 4.99 Å². The van der Waals surface area contributed by atoms with Crippen LogP contribution in [0.4, 0.5) is 5.69 Å². The Hall–Kier alpha value is -2.63. The molecular formula is C17H20N2O4. The standard InChI is InChI=1S/C17H20N2O4/c1-3-4-7-23-17(21)13-8-11-5-6-12(16(20)22-2)9-14(11)19-15(18)10-13/h5-6,8-9H,3-4,7,10H2,1-2H3,(H2,18,19). The topological polar surface area (TPSA) is 91.0 Å². The van der Waals surface area contributed by atoms with Gasteiger partial charge in [-0.3, -0.25) is 0 Å². The molecule has 122 valence electrons. The minimum Gasteiger partial charge on any atom is -0.465 e. The van der Waals surface area contributed by atoms with Crippen molar-refractivity contribution in [2.75, 3.05) is 13.7 Å². The fourth-order valence-corrected chi connectivity index (χ4v) is 2.17. The molecular weight excluding hydrogens is 296 g/mol. The number of methoxy groups -OCH3 is 1. The van der Waals surface area contributed by atoms with Gasteiger partial charge in [-0.1, -0.05) is 19.4 Å². The quantitative estimate of drug-likeness (QED) is 0.666. The van der Waals surface area contributed by atoms with Gasteiger partial charge in [0.25, 0.3) is 0 Å². The third-order valence-electron chi connectivity index (χ3n) is 3.41. The van der Waals surface area contributed by atoms with Crippen molar-refractivity contribution in [3.05, 3.63) is 34.9 Å². The fraction of sp³-hybridized carbons (Fsp3) is 0.353. The lowest BCUT2D eigenvalue weighted by Gasteiger charge is -2.06. The molecule has 0 aliphatic carbocycles. The first-order valence-electron chi connectivity index (χ1n) is 7.48. The van der Waals surface area contributed by atoms with Crippen LogP contribution >= 0.6 is 0 Å². The van der Waals surface area contributed by atoms with E-state index in [0.29, 0.717) is 34.8 Å². The molecule has 0 unspecified atom stereocenters. The molecule has 1 aromatic carbocycles. The van der Waals surface area contributed by atoms with Gasteiger partial charge < -0.3 is 15.2 Å². The van der Waals surface area contributed by atoms with Gasteiger partial charge in [0, 0.05) is 17.6 Å². The van der Waals surface area contributed by atoms with Crippen LogP contribution in [0.15, 0.2) is 28.8 Å². The van der Waals surface area contributed by atoms with Crippen LogP contribution in [0, 0.1) is 0 Å². The van der Waals surface area contributed by atoms with E-state index in [1.807, 2.05) is 6.92 Å². The van der Waals surface area contributed by atoms with Crippen LogP contribution in [-0.2, 0) is 14.3 Å². The molecule has 23 heavy (non-hydrogen) atoms. The van der Waals surface area contributed by atoms with Crippen LogP contribution in [-0.4, -0.2) is 31.5 Å². The number of hydrogen-bond donors (Lipinski definition) is 1. The number of carbonyl (C=O) groups is 2. The summed E-state index contributed by atoms with van der Waals surface area (Å²) >= 11 is 0. The maximum absolute atomic E-state index is 12.1. The summed E-state index contributed by atoms with van der Waals surface area (Å²) in [5.74, 6) is -0.542. The molecule has 1 aliphatic heterocycles. The van der Waals surface area contributed by atoms with Crippen molar-refractivity contribution in [3.63, 3.8) is 0 Å². The number of ether oxygens (including phenoxy) is 2. The first-order valence-corrected chi connectivity index (χ1v) is 7.48. The molecule has 0 atom stereocenters. The molecule has 1 aliphatic rings. The zero-order chi connectivity index (χ0) is 16.8. The van der Waals surface area contributed by atoms with E-state index in [9.17, 15) is 9.59 Å². The van der Waals surface area contributed by atoms with Gasteiger partial charge in [0.2, 0.25) is 0 Å². The summed E-state index contributed by atoms with van der Waals surface area (Å²) < 4.78 is 9.92. The summed E-state index contributed by atoms with van der Waals surface area (Å²) in [6.07, 6.45) is 3.69. The van der Waals surface area contributed by atoms with E-state index < -0.39 is 5.97 Å². The zero-order valence-corrected chi connectivity index (χ0v) is 13.3. The maximum Gasteiger partial charge on any atom is 0.337 e. The smallest absolute Gasteiger partial charge is 0.337 e. The van der Waals surface area contributed by atoms with Crippen molar-refractivity contribution < 1.29 is 19.1 Å². The van der Waals surface area contributed by atoms with E-state index in [4.69, 9.17) is 15.2 Å². The number of nitrogens with zero attached hydrogens (tertiary/aromatic N) is 1. The average molecular weight is 316 g/mol. The fourth-order valence-electron chi connectivity index (χ4n) is 2.17. The minimum absolute atomic E-state index is 0.215. The highest BCUT2D eigenvalue weighted by Gasteiger charge is 2.18. The van der Waals surface area contributed by atoms with Gasteiger partial charge >= 0.3 is 11.9 Å². The Kier molecular flexibility index (Phi) is 5.51. The van der Waals surface area contributed by atoms with Crippen LogP contribution in [0.1, 0.15) is 42.1 Å². The third-order valence-corrected chi connectivity index (χ3v) is 3.41. The Morgan fingerprint density at radius 1 is 1.30 bits per heavy atom. The molecule has 2 N–H and O–H groups in total. The molecule has 1 aromatic rings. The largest absolute Gasteiger partial charge is 0.465 e. The number of benzene rings is 1. The van der Waals surface area contributed by atoms with Crippen LogP contribution < -0.4 is 5.73 Å². The van der Waals surface area contributed by atoms with Crippen LogP contribution in [0.25, 0.3) is 6.08 Å². The monoisotopic (exact) mass is 316 g/mol. The number of nitrogens with two attached hydrogens (primary N) is 1. The molecule has 0 fully saturated rings. The lowest BCUT2D eigenvalue weighted by atomic mass is 10.1.